The molecule has 1 amide bonds. The van der Waals surface area contributed by atoms with E-state index in [0.29, 0.717) is 21.4 Å². The van der Waals surface area contributed by atoms with Gasteiger partial charge < -0.3 is 10.6 Å². The maximum atomic E-state index is 12.9. The minimum absolute atomic E-state index is 0.209. The fourth-order valence-electron chi connectivity index (χ4n) is 2.54. The Labute approximate surface area is 169 Å². The van der Waals surface area contributed by atoms with Crippen LogP contribution >= 0.6 is 23.2 Å². The fourth-order valence-corrected chi connectivity index (χ4v) is 3.07. The molecular weight excluding hydrogens is 412 g/mol. The third-order valence-corrected chi connectivity index (χ3v) is 4.20. The summed E-state index contributed by atoms with van der Waals surface area (Å²) in [5.41, 5.74) is 0.425. The first-order valence-electron chi connectivity index (χ1n) is 8.03. The minimum Gasteiger partial charge on any atom is -0.355 e. The number of hydrogen-bond acceptors (Lipinski definition) is 2. The number of rotatable bonds is 4. The van der Waals surface area contributed by atoms with Gasteiger partial charge in [0.1, 0.15) is 0 Å². The molecule has 3 aromatic carbocycles. The van der Waals surface area contributed by atoms with E-state index in [2.05, 4.69) is 10.6 Å². The molecule has 2 N–H and O–H groups in total. The minimum atomic E-state index is -4.46. The molecule has 0 aliphatic rings. The van der Waals surface area contributed by atoms with Crippen molar-refractivity contribution >= 4 is 46.2 Å². The molecule has 144 valence electrons. The number of nitrogens with one attached hydrogen (secondary N) is 2. The molecule has 0 aliphatic carbocycles. The second-order valence-corrected chi connectivity index (χ2v) is 6.73. The summed E-state index contributed by atoms with van der Waals surface area (Å²) in [4.78, 5) is 12.7. The zero-order valence-corrected chi connectivity index (χ0v) is 15.7. The SMILES string of the molecule is O=C(Nc1cc(Cl)cc(Cl)c1)c1ccccc1Nc1cccc(C(F)(F)F)c1. The summed E-state index contributed by atoms with van der Waals surface area (Å²) in [6.07, 6.45) is -4.46. The van der Waals surface area contributed by atoms with Crippen LogP contribution < -0.4 is 10.6 Å². The average Bonchev–Trinajstić information content (AvgIpc) is 2.61. The van der Waals surface area contributed by atoms with Crippen molar-refractivity contribution in [3.05, 3.63) is 87.9 Å². The number of benzene rings is 3. The molecule has 0 fully saturated rings. The van der Waals surface area contributed by atoms with E-state index >= 15 is 0 Å². The van der Waals surface area contributed by atoms with Crippen LogP contribution in [0.2, 0.25) is 10.0 Å². The van der Waals surface area contributed by atoms with E-state index in [-0.39, 0.29) is 11.3 Å². The molecule has 0 aromatic heterocycles. The number of halogens is 5. The summed E-state index contributed by atoms with van der Waals surface area (Å²) in [7, 11) is 0. The maximum Gasteiger partial charge on any atom is 0.416 e. The van der Waals surface area contributed by atoms with Crippen LogP contribution in [0.4, 0.5) is 30.2 Å². The van der Waals surface area contributed by atoms with E-state index in [4.69, 9.17) is 23.2 Å². The molecule has 0 radical (unpaired) electrons. The van der Waals surface area contributed by atoms with Gasteiger partial charge in [0.2, 0.25) is 0 Å². The normalized spacial score (nSPS) is 11.2. The van der Waals surface area contributed by atoms with Gasteiger partial charge >= 0.3 is 6.18 Å². The molecule has 0 saturated heterocycles. The van der Waals surface area contributed by atoms with Crippen LogP contribution in [-0.2, 0) is 6.18 Å². The summed E-state index contributed by atoms with van der Waals surface area (Å²) >= 11 is 11.9. The quantitative estimate of drug-likeness (QED) is 0.472. The Morgan fingerprint density at radius 1 is 0.821 bits per heavy atom. The molecule has 3 rings (SSSR count). The van der Waals surface area contributed by atoms with Crippen molar-refractivity contribution in [3.8, 4) is 0 Å². The second-order valence-electron chi connectivity index (χ2n) is 5.86. The Hall–Kier alpha value is -2.70. The summed E-state index contributed by atoms with van der Waals surface area (Å²) in [5.74, 6) is -0.464. The molecule has 0 heterocycles. The number of anilines is 3. The van der Waals surface area contributed by atoms with Gasteiger partial charge in [-0.05, 0) is 48.5 Å². The molecule has 0 spiro atoms. The van der Waals surface area contributed by atoms with Crippen LogP contribution in [0, 0.1) is 0 Å². The van der Waals surface area contributed by atoms with E-state index < -0.39 is 17.6 Å². The Morgan fingerprint density at radius 3 is 2.18 bits per heavy atom. The van der Waals surface area contributed by atoms with Crippen LogP contribution in [0.15, 0.2) is 66.7 Å². The molecule has 8 heteroatoms. The van der Waals surface area contributed by atoms with Gasteiger partial charge in [0, 0.05) is 21.4 Å². The maximum absolute atomic E-state index is 12.9. The van der Waals surface area contributed by atoms with Crippen molar-refractivity contribution in [2.24, 2.45) is 0 Å². The van der Waals surface area contributed by atoms with E-state index in [1.54, 1.807) is 24.3 Å². The van der Waals surface area contributed by atoms with Gasteiger partial charge in [-0.15, -0.1) is 0 Å². The lowest BCUT2D eigenvalue weighted by atomic mass is 10.1. The summed E-state index contributed by atoms with van der Waals surface area (Å²) in [5, 5.41) is 6.25. The number of para-hydroxylation sites is 1. The van der Waals surface area contributed by atoms with Crippen molar-refractivity contribution < 1.29 is 18.0 Å². The van der Waals surface area contributed by atoms with Gasteiger partial charge in [0.25, 0.3) is 5.91 Å². The number of alkyl halides is 3. The van der Waals surface area contributed by atoms with E-state index in [0.717, 1.165) is 12.1 Å². The number of carbonyl (C=O) groups is 1. The molecule has 0 unspecified atom stereocenters. The highest BCUT2D eigenvalue weighted by Crippen LogP contribution is 2.32. The van der Waals surface area contributed by atoms with E-state index in [1.807, 2.05) is 0 Å². The van der Waals surface area contributed by atoms with Crippen LogP contribution in [0.5, 0.6) is 0 Å². The lowest BCUT2D eigenvalue weighted by Crippen LogP contribution is -2.14. The van der Waals surface area contributed by atoms with Gasteiger partial charge in [-0.2, -0.15) is 13.2 Å². The van der Waals surface area contributed by atoms with Crippen LogP contribution in [0.25, 0.3) is 0 Å². The molecule has 28 heavy (non-hydrogen) atoms. The van der Waals surface area contributed by atoms with E-state index in [9.17, 15) is 18.0 Å². The predicted octanol–water partition coefficient (Wildman–Crippen LogP) is 7.01. The smallest absolute Gasteiger partial charge is 0.355 e. The molecule has 0 aliphatic heterocycles. The van der Waals surface area contributed by atoms with Crippen LogP contribution in [-0.4, -0.2) is 5.91 Å². The number of carbonyl (C=O) groups excluding carboxylic acids is 1. The monoisotopic (exact) mass is 424 g/mol. The van der Waals surface area contributed by atoms with Crippen molar-refractivity contribution in [2.75, 3.05) is 10.6 Å². The van der Waals surface area contributed by atoms with Crippen molar-refractivity contribution in [3.63, 3.8) is 0 Å². The highest BCUT2D eigenvalue weighted by molar-refractivity contribution is 6.35. The first kappa shape index (κ1) is 20.0. The highest BCUT2D eigenvalue weighted by Gasteiger charge is 2.30. The van der Waals surface area contributed by atoms with Crippen LogP contribution in [0.1, 0.15) is 15.9 Å². The van der Waals surface area contributed by atoms with Crippen molar-refractivity contribution in [1.82, 2.24) is 0 Å². The average molecular weight is 425 g/mol. The van der Waals surface area contributed by atoms with Crippen LogP contribution in [0.3, 0.4) is 0 Å². The first-order chi connectivity index (χ1) is 13.2. The number of amides is 1. The van der Waals surface area contributed by atoms with Gasteiger partial charge in [0.05, 0.1) is 16.8 Å². The Balaban J connectivity index is 1.86. The Bertz CT molecular complexity index is 1000. The summed E-state index contributed by atoms with van der Waals surface area (Å²) < 4.78 is 38.7. The standard InChI is InChI=1S/C20H13Cl2F3N2O/c21-13-9-14(22)11-16(10-13)27-19(28)17-6-1-2-7-18(17)26-15-5-3-4-12(8-15)20(23,24)25/h1-11,26H,(H,27,28). The van der Waals surface area contributed by atoms with E-state index in [1.165, 1.54) is 30.3 Å². The largest absolute Gasteiger partial charge is 0.416 e. The fraction of sp³-hybridized carbons (Fsp3) is 0.0500. The summed E-state index contributed by atoms with van der Waals surface area (Å²) in [6.45, 7) is 0. The zero-order valence-electron chi connectivity index (χ0n) is 14.1. The third-order valence-electron chi connectivity index (χ3n) is 3.76. The summed E-state index contributed by atoms with van der Waals surface area (Å²) in [6, 6.07) is 15.8. The second kappa shape index (κ2) is 8.12. The topological polar surface area (TPSA) is 41.1 Å². The lowest BCUT2D eigenvalue weighted by molar-refractivity contribution is -0.137. The number of hydrogen-bond donors (Lipinski definition) is 2. The van der Waals surface area contributed by atoms with Crippen molar-refractivity contribution in [1.29, 1.82) is 0 Å². The molecule has 0 atom stereocenters. The van der Waals surface area contributed by atoms with Gasteiger partial charge in [0.15, 0.2) is 0 Å². The molecule has 0 bridgehead atoms. The Kier molecular flexibility index (Phi) is 5.82. The molecular formula is C20H13Cl2F3N2O. The van der Waals surface area contributed by atoms with Gasteiger partial charge in [-0.1, -0.05) is 41.4 Å². The highest BCUT2D eigenvalue weighted by atomic mass is 35.5. The molecule has 3 aromatic rings. The third kappa shape index (κ3) is 4.97. The first-order valence-corrected chi connectivity index (χ1v) is 8.79. The Morgan fingerprint density at radius 2 is 1.50 bits per heavy atom. The molecule has 3 nitrogen and oxygen atoms in total. The van der Waals surface area contributed by atoms with Gasteiger partial charge in [-0.25, -0.2) is 0 Å². The predicted molar refractivity (Wildman–Crippen MR) is 106 cm³/mol. The van der Waals surface area contributed by atoms with Gasteiger partial charge in [-0.3, -0.25) is 4.79 Å². The zero-order chi connectivity index (χ0) is 20.3. The lowest BCUT2D eigenvalue weighted by Gasteiger charge is -2.14. The molecule has 0 saturated carbocycles. The van der Waals surface area contributed by atoms with Crippen molar-refractivity contribution in [2.45, 2.75) is 6.18 Å².